The number of nitrogens with zero attached hydrogens (tertiary/aromatic N) is 2. The van der Waals surface area contributed by atoms with Crippen molar-refractivity contribution in [1.82, 2.24) is 4.90 Å². The van der Waals surface area contributed by atoms with Crippen molar-refractivity contribution in [2.24, 2.45) is 0 Å². The second-order valence-corrected chi connectivity index (χ2v) is 7.10. The maximum absolute atomic E-state index is 12.6. The summed E-state index contributed by atoms with van der Waals surface area (Å²) in [7, 11) is 0. The summed E-state index contributed by atoms with van der Waals surface area (Å²) in [6.07, 6.45) is 0. The highest BCUT2D eigenvalue weighted by atomic mass is 35.5. The number of nitrogens with one attached hydrogen (secondary N) is 1. The van der Waals surface area contributed by atoms with Crippen LogP contribution in [-0.2, 0) is 4.79 Å². The Balaban J connectivity index is 1.61. The molecule has 1 N–H and O–H groups in total. The van der Waals surface area contributed by atoms with Crippen molar-refractivity contribution in [2.45, 2.75) is 19.8 Å². The van der Waals surface area contributed by atoms with Crippen molar-refractivity contribution in [3.8, 4) is 0 Å². The fourth-order valence-corrected chi connectivity index (χ4v) is 3.14. The summed E-state index contributed by atoms with van der Waals surface area (Å²) in [5, 5.41) is 3.32. The molecule has 5 nitrogen and oxygen atoms in total. The van der Waals surface area contributed by atoms with Crippen LogP contribution >= 0.6 is 11.6 Å². The Hall–Kier alpha value is -2.53. The van der Waals surface area contributed by atoms with E-state index in [1.54, 1.807) is 34.1 Å². The van der Waals surface area contributed by atoms with Gasteiger partial charge in [-0.05, 0) is 41.8 Å². The SMILES string of the molecule is CC(C)c1ccc(N2CCN(CC(=O)Nc3cccc(Cl)c3)C2=O)cc1. The first-order valence-electron chi connectivity index (χ1n) is 8.66. The third-order valence-corrected chi connectivity index (χ3v) is 4.64. The molecule has 2 aromatic carbocycles. The molecule has 0 atom stereocenters. The lowest BCUT2D eigenvalue weighted by Gasteiger charge is -2.19. The third-order valence-electron chi connectivity index (χ3n) is 4.41. The predicted molar refractivity (Wildman–Crippen MR) is 105 cm³/mol. The van der Waals surface area contributed by atoms with Gasteiger partial charge in [0.2, 0.25) is 5.91 Å². The maximum atomic E-state index is 12.6. The van der Waals surface area contributed by atoms with Crippen LogP contribution in [0.25, 0.3) is 0 Å². The number of carbonyl (C=O) groups excluding carboxylic acids is 2. The minimum Gasteiger partial charge on any atom is -0.324 e. The number of carbonyl (C=O) groups is 2. The van der Waals surface area contributed by atoms with Crippen LogP contribution in [0.1, 0.15) is 25.3 Å². The molecule has 0 aliphatic carbocycles. The van der Waals surface area contributed by atoms with E-state index in [2.05, 4.69) is 19.2 Å². The number of halogens is 1. The zero-order chi connectivity index (χ0) is 18.7. The maximum Gasteiger partial charge on any atom is 0.325 e. The first kappa shape index (κ1) is 18.3. The summed E-state index contributed by atoms with van der Waals surface area (Å²) in [6.45, 7) is 5.39. The van der Waals surface area contributed by atoms with E-state index in [0.29, 0.717) is 29.7 Å². The third kappa shape index (κ3) is 4.17. The van der Waals surface area contributed by atoms with Gasteiger partial charge in [-0.3, -0.25) is 9.69 Å². The minimum atomic E-state index is -0.238. The Morgan fingerprint density at radius 3 is 2.54 bits per heavy atom. The van der Waals surface area contributed by atoms with Gasteiger partial charge in [-0.1, -0.05) is 43.6 Å². The highest BCUT2D eigenvalue weighted by molar-refractivity contribution is 6.30. The van der Waals surface area contributed by atoms with E-state index in [1.807, 2.05) is 24.3 Å². The molecule has 1 aliphatic rings. The zero-order valence-corrected chi connectivity index (χ0v) is 15.7. The number of hydrogen-bond donors (Lipinski definition) is 1. The van der Waals surface area contributed by atoms with Crippen LogP contribution < -0.4 is 10.2 Å². The Labute approximate surface area is 158 Å². The summed E-state index contributed by atoms with van der Waals surface area (Å²) in [4.78, 5) is 28.1. The molecule has 0 radical (unpaired) electrons. The molecular formula is C20H22ClN3O2. The van der Waals surface area contributed by atoms with E-state index in [0.717, 1.165) is 5.69 Å². The molecule has 0 spiro atoms. The second kappa shape index (κ2) is 7.79. The minimum absolute atomic E-state index is 0.0198. The van der Waals surface area contributed by atoms with Gasteiger partial charge in [0.05, 0.1) is 0 Å². The van der Waals surface area contributed by atoms with E-state index in [-0.39, 0.29) is 18.5 Å². The number of urea groups is 1. The first-order valence-corrected chi connectivity index (χ1v) is 9.03. The van der Waals surface area contributed by atoms with Gasteiger partial charge in [0, 0.05) is 29.5 Å². The van der Waals surface area contributed by atoms with Crippen molar-refractivity contribution in [3.05, 3.63) is 59.1 Å². The molecule has 26 heavy (non-hydrogen) atoms. The Morgan fingerprint density at radius 1 is 1.15 bits per heavy atom. The second-order valence-electron chi connectivity index (χ2n) is 6.66. The summed E-state index contributed by atoms with van der Waals surface area (Å²) in [5.74, 6) is 0.211. The van der Waals surface area contributed by atoms with Crippen LogP contribution in [0.2, 0.25) is 5.02 Å². The monoisotopic (exact) mass is 371 g/mol. The number of benzene rings is 2. The highest BCUT2D eigenvalue weighted by Crippen LogP contribution is 2.23. The fraction of sp³-hybridized carbons (Fsp3) is 0.300. The van der Waals surface area contributed by atoms with Gasteiger partial charge >= 0.3 is 6.03 Å². The quantitative estimate of drug-likeness (QED) is 0.849. The van der Waals surface area contributed by atoms with Crippen LogP contribution in [-0.4, -0.2) is 36.5 Å². The zero-order valence-electron chi connectivity index (χ0n) is 14.9. The van der Waals surface area contributed by atoms with E-state index < -0.39 is 0 Å². The van der Waals surface area contributed by atoms with E-state index in [1.165, 1.54) is 5.56 Å². The molecule has 0 aromatic heterocycles. The summed E-state index contributed by atoms with van der Waals surface area (Å²) < 4.78 is 0. The van der Waals surface area contributed by atoms with E-state index in [4.69, 9.17) is 11.6 Å². The van der Waals surface area contributed by atoms with Crippen LogP contribution in [0.15, 0.2) is 48.5 Å². The largest absolute Gasteiger partial charge is 0.325 e. The lowest BCUT2D eigenvalue weighted by Crippen LogP contribution is -2.37. The van der Waals surface area contributed by atoms with Crippen molar-refractivity contribution >= 4 is 34.9 Å². The van der Waals surface area contributed by atoms with Gasteiger partial charge in [0.15, 0.2) is 0 Å². The number of anilines is 2. The molecule has 1 aliphatic heterocycles. The lowest BCUT2D eigenvalue weighted by atomic mass is 10.0. The number of hydrogen-bond acceptors (Lipinski definition) is 2. The normalized spacial score (nSPS) is 14.2. The van der Waals surface area contributed by atoms with Gasteiger partial charge in [-0.15, -0.1) is 0 Å². The van der Waals surface area contributed by atoms with Gasteiger partial charge in [0.1, 0.15) is 6.54 Å². The predicted octanol–water partition coefficient (Wildman–Crippen LogP) is 4.34. The molecule has 1 fully saturated rings. The molecule has 0 bridgehead atoms. The highest BCUT2D eigenvalue weighted by Gasteiger charge is 2.30. The van der Waals surface area contributed by atoms with Gasteiger partial charge in [0.25, 0.3) is 0 Å². The van der Waals surface area contributed by atoms with Crippen molar-refractivity contribution in [2.75, 3.05) is 29.9 Å². The van der Waals surface area contributed by atoms with Crippen molar-refractivity contribution in [1.29, 1.82) is 0 Å². The Kier molecular flexibility index (Phi) is 5.47. The molecule has 1 heterocycles. The van der Waals surface area contributed by atoms with Crippen LogP contribution in [0.4, 0.5) is 16.2 Å². The Morgan fingerprint density at radius 2 is 1.88 bits per heavy atom. The summed E-state index contributed by atoms with van der Waals surface area (Å²) in [6, 6.07) is 14.8. The molecule has 0 saturated carbocycles. The van der Waals surface area contributed by atoms with Crippen LogP contribution in [0.3, 0.4) is 0 Å². The Bertz CT molecular complexity index is 805. The average molecular weight is 372 g/mol. The summed E-state index contributed by atoms with van der Waals surface area (Å²) >= 11 is 5.92. The molecule has 3 amide bonds. The lowest BCUT2D eigenvalue weighted by molar-refractivity contribution is -0.116. The molecule has 6 heteroatoms. The van der Waals surface area contributed by atoms with Crippen LogP contribution in [0, 0.1) is 0 Å². The first-order chi connectivity index (χ1) is 12.4. The standard InChI is InChI=1S/C20H22ClN3O2/c1-14(2)15-6-8-18(9-7-15)24-11-10-23(20(24)26)13-19(25)22-17-5-3-4-16(21)12-17/h3-9,12,14H,10-11,13H2,1-2H3,(H,22,25). The average Bonchev–Trinajstić information content (AvgIpc) is 2.95. The van der Waals surface area contributed by atoms with Gasteiger partial charge in [-0.2, -0.15) is 0 Å². The molecule has 0 unspecified atom stereocenters. The van der Waals surface area contributed by atoms with Gasteiger partial charge in [-0.25, -0.2) is 4.79 Å². The van der Waals surface area contributed by atoms with Crippen molar-refractivity contribution in [3.63, 3.8) is 0 Å². The fourth-order valence-electron chi connectivity index (χ4n) is 2.95. The molecule has 136 valence electrons. The topological polar surface area (TPSA) is 52.6 Å². The molecular weight excluding hydrogens is 350 g/mol. The number of rotatable bonds is 5. The van der Waals surface area contributed by atoms with Crippen LogP contribution in [0.5, 0.6) is 0 Å². The molecule has 1 saturated heterocycles. The smallest absolute Gasteiger partial charge is 0.324 e. The number of amides is 3. The van der Waals surface area contributed by atoms with Crippen molar-refractivity contribution < 1.29 is 9.59 Å². The van der Waals surface area contributed by atoms with Gasteiger partial charge < -0.3 is 10.2 Å². The molecule has 3 rings (SSSR count). The van der Waals surface area contributed by atoms with E-state index in [9.17, 15) is 9.59 Å². The van der Waals surface area contributed by atoms with E-state index >= 15 is 0 Å². The summed E-state index contributed by atoms with van der Waals surface area (Å²) in [5.41, 5.74) is 2.71. The molecule has 2 aromatic rings.